The molecule has 0 atom stereocenters. The van der Waals surface area contributed by atoms with Gasteiger partial charge in [0, 0.05) is 41.8 Å². The Morgan fingerprint density at radius 3 is 2.66 bits per heavy atom. The first-order chi connectivity index (χ1) is 15.7. The zero-order chi connectivity index (χ0) is 21.9. The summed E-state index contributed by atoms with van der Waals surface area (Å²) in [5.41, 5.74) is 3.04. The van der Waals surface area contributed by atoms with Crippen LogP contribution in [0, 0.1) is 0 Å². The number of benzene rings is 1. The van der Waals surface area contributed by atoms with E-state index >= 15 is 0 Å². The molecule has 0 spiro atoms. The first kappa shape index (κ1) is 21.7. The molecule has 4 heterocycles. The molecule has 6 nitrogen and oxygen atoms in total. The second-order valence-corrected chi connectivity index (χ2v) is 9.16. The van der Waals surface area contributed by atoms with Gasteiger partial charge in [0.1, 0.15) is 13.2 Å². The zero-order valence-corrected chi connectivity index (χ0v) is 19.3. The number of aromatic nitrogens is 2. The molecule has 0 unspecified atom stereocenters. The molecule has 2 aliphatic heterocycles. The topological polar surface area (TPSA) is 59.5 Å². The van der Waals surface area contributed by atoms with Gasteiger partial charge in [0.25, 0.3) is 0 Å². The summed E-state index contributed by atoms with van der Waals surface area (Å²) in [5.74, 6) is 1.53. The molecule has 1 fully saturated rings. The number of fused-ring (bicyclic) bond motifs is 2. The van der Waals surface area contributed by atoms with Crippen molar-refractivity contribution < 1.29 is 9.47 Å². The van der Waals surface area contributed by atoms with Crippen molar-refractivity contribution in [2.45, 2.75) is 31.8 Å². The fourth-order valence-electron chi connectivity index (χ4n) is 4.41. The number of ether oxygens (including phenoxy) is 2. The van der Waals surface area contributed by atoms with Crippen molar-refractivity contribution in [1.29, 1.82) is 0 Å². The molecule has 1 N–H and O–H groups in total. The SMILES string of the molecule is Clc1ccc2ncc(Cl)c(CCN3CCC(NCc4cc5c(cn4)OCCO5)CC3)c2c1. The predicted octanol–water partition coefficient (Wildman–Crippen LogP) is 4.50. The maximum Gasteiger partial charge on any atom is 0.179 e. The zero-order valence-electron chi connectivity index (χ0n) is 17.8. The Morgan fingerprint density at radius 2 is 1.81 bits per heavy atom. The number of nitrogens with zero attached hydrogens (tertiary/aromatic N) is 3. The summed E-state index contributed by atoms with van der Waals surface area (Å²) in [6.07, 6.45) is 6.62. The highest BCUT2D eigenvalue weighted by atomic mass is 35.5. The number of hydrogen-bond donors (Lipinski definition) is 1. The lowest BCUT2D eigenvalue weighted by Gasteiger charge is -2.32. The van der Waals surface area contributed by atoms with Crippen molar-refractivity contribution in [2.75, 3.05) is 32.8 Å². The van der Waals surface area contributed by atoms with E-state index in [-0.39, 0.29) is 0 Å². The van der Waals surface area contributed by atoms with Gasteiger partial charge in [0.05, 0.1) is 22.4 Å². The third-order valence-electron chi connectivity index (χ3n) is 6.21. The molecular formula is C24H26Cl2N4O2. The number of piperidine rings is 1. The molecule has 8 heteroatoms. The fraction of sp³-hybridized carbons (Fsp3) is 0.417. The number of likely N-dealkylation sites (tertiary alicyclic amines) is 1. The quantitative estimate of drug-likeness (QED) is 0.569. The van der Waals surface area contributed by atoms with E-state index in [9.17, 15) is 0 Å². The number of rotatable bonds is 6. The van der Waals surface area contributed by atoms with Crippen LogP contribution >= 0.6 is 23.2 Å². The first-order valence-electron chi connectivity index (χ1n) is 11.1. The first-order valence-corrected chi connectivity index (χ1v) is 11.8. The summed E-state index contributed by atoms with van der Waals surface area (Å²) in [5, 5.41) is 6.12. The summed E-state index contributed by atoms with van der Waals surface area (Å²) < 4.78 is 11.2. The van der Waals surface area contributed by atoms with Gasteiger partial charge in [-0.05, 0) is 56.1 Å². The van der Waals surface area contributed by atoms with Crippen molar-refractivity contribution in [3.63, 3.8) is 0 Å². The number of pyridine rings is 2. The molecule has 0 radical (unpaired) electrons. The molecule has 0 aliphatic carbocycles. The minimum absolute atomic E-state index is 0.491. The van der Waals surface area contributed by atoms with E-state index in [0.29, 0.717) is 29.3 Å². The van der Waals surface area contributed by atoms with Gasteiger partial charge in [0.2, 0.25) is 0 Å². The van der Waals surface area contributed by atoms with Gasteiger partial charge in [-0.3, -0.25) is 9.97 Å². The predicted molar refractivity (Wildman–Crippen MR) is 127 cm³/mol. The molecular weight excluding hydrogens is 447 g/mol. The fourth-order valence-corrected chi connectivity index (χ4v) is 4.83. The van der Waals surface area contributed by atoms with Crippen LogP contribution in [0.2, 0.25) is 10.0 Å². The Balaban J connectivity index is 1.12. The van der Waals surface area contributed by atoms with Crippen LogP contribution in [0.5, 0.6) is 11.5 Å². The van der Waals surface area contributed by atoms with Crippen molar-refractivity contribution in [2.24, 2.45) is 0 Å². The monoisotopic (exact) mass is 472 g/mol. The molecule has 0 amide bonds. The largest absolute Gasteiger partial charge is 0.486 e. The molecule has 5 rings (SSSR count). The van der Waals surface area contributed by atoms with Crippen LogP contribution in [0.25, 0.3) is 10.9 Å². The van der Waals surface area contributed by atoms with Crippen molar-refractivity contribution >= 4 is 34.1 Å². The van der Waals surface area contributed by atoms with E-state index in [1.54, 1.807) is 12.4 Å². The lowest BCUT2D eigenvalue weighted by atomic mass is 10.0. The van der Waals surface area contributed by atoms with E-state index in [0.717, 1.165) is 79.1 Å². The second kappa shape index (κ2) is 9.79. The van der Waals surface area contributed by atoms with E-state index in [2.05, 4.69) is 20.2 Å². The number of nitrogens with one attached hydrogen (secondary N) is 1. The van der Waals surface area contributed by atoms with Gasteiger partial charge in [-0.15, -0.1) is 0 Å². The summed E-state index contributed by atoms with van der Waals surface area (Å²) in [6.45, 7) is 5.02. The van der Waals surface area contributed by atoms with Gasteiger partial charge in [-0.1, -0.05) is 23.2 Å². The van der Waals surface area contributed by atoms with Gasteiger partial charge in [-0.2, -0.15) is 0 Å². The maximum absolute atomic E-state index is 6.48. The van der Waals surface area contributed by atoms with Crippen LogP contribution in [-0.2, 0) is 13.0 Å². The molecule has 168 valence electrons. The van der Waals surface area contributed by atoms with Crippen LogP contribution in [0.3, 0.4) is 0 Å². The maximum atomic E-state index is 6.48. The van der Waals surface area contributed by atoms with Gasteiger partial charge >= 0.3 is 0 Å². The van der Waals surface area contributed by atoms with Crippen LogP contribution < -0.4 is 14.8 Å². The van der Waals surface area contributed by atoms with Gasteiger partial charge < -0.3 is 19.7 Å². The molecule has 2 aliphatic rings. The lowest BCUT2D eigenvalue weighted by Crippen LogP contribution is -2.43. The third kappa shape index (κ3) is 4.94. The van der Waals surface area contributed by atoms with Crippen LogP contribution in [0.1, 0.15) is 24.1 Å². The Labute approximate surface area is 197 Å². The second-order valence-electron chi connectivity index (χ2n) is 8.31. The molecule has 32 heavy (non-hydrogen) atoms. The Bertz CT molecular complexity index is 1100. The van der Waals surface area contributed by atoms with Crippen LogP contribution in [0.15, 0.2) is 36.7 Å². The van der Waals surface area contributed by atoms with Crippen molar-refractivity contribution in [1.82, 2.24) is 20.2 Å². The molecule has 2 aromatic heterocycles. The summed E-state index contributed by atoms with van der Waals surface area (Å²) in [6, 6.07) is 8.25. The lowest BCUT2D eigenvalue weighted by molar-refractivity contribution is 0.170. The van der Waals surface area contributed by atoms with Gasteiger partial charge in [0.15, 0.2) is 11.5 Å². The number of halogens is 2. The van der Waals surface area contributed by atoms with Crippen LogP contribution in [-0.4, -0.2) is 53.8 Å². The highest BCUT2D eigenvalue weighted by molar-refractivity contribution is 6.33. The van der Waals surface area contributed by atoms with Crippen LogP contribution in [0.4, 0.5) is 0 Å². The van der Waals surface area contributed by atoms with E-state index < -0.39 is 0 Å². The summed E-state index contributed by atoms with van der Waals surface area (Å²) in [7, 11) is 0. The Hall–Kier alpha value is -2.12. The molecule has 1 aromatic carbocycles. The van der Waals surface area contributed by atoms with Gasteiger partial charge in [-0.25, -0.2) is 0 Å². The standard InChI is InChI=1S/C24H26Cl2N4O2/c25-16-1-2-22-20(11-16)19(21(26)14-29-22)5-8-30-6-3-17(4-7-30)27-13-18-12-23-24(15-28-18)32-10-9-31-23/h1-2,11-12,14-15,17,27H,3-10,13H2. The minimum Gasteiger partial charge on any atom is -0.486 e. The normalized spacial score (nSPS) is 17.1. The molecule has 0 saturated carbocycles. The smallest absolute Gasteiger partial charge is 0.179 e. The Kier molecular flexibility index (Phi) is 6.64. The average molecular weight is 473 g/mol. The van der Waals surface area contributed by atoms with Crippen molar-refractivity contribution in [3.05, 3.63) is 58.0 Å². The highest BCUT2D eigenvalue weighted by Gasteiger charge is 2.20. The van der Waals surface area contributed by atoms with Crippen molar-refractivity contribution in [3.8, 4) is 11.5 Å². The van der Waals surface area contributed by atoms with E-state index in [1.807, 2.05) is 24.3 Å². The third-order valence-corrected chi connectivity index (χ3v) is 6.77. The van der Waals surface area contributed by atoms with E-state index in [1.165, 1.54) is 0 Å². The Morgan fingerprint density at radius 1 is 1.00 bits per heavy atom. The highest BCUT2D eigenvalue weighted by Crippen LogP contribution is 2.30. The summed E-state index contributed by atoms with van der Waals surface area (Å²) >= 11 is 12.7. The number of hydrogen-bond acceptors (Lipinski definition) is 6. The minimum atomic E-state index is 0.491. The molecule has 3 aromatic rings. The molecule has 0 bridgehead atoms. The summed E-state index contributed by atoms with van der Waals surface area (Å²) in [4.78, 5) is 11.4. The van der Waals surface area contributed by atoms with E-state index in [4.69, 9.17) is 32.7 Å². The molecule has 1 saturated heterocycles. The average Bonchev–Trinajstić information content (AvgIpc) is 2.82.